The number of rotatable bonds is 7. The number of amides is 2. The van der Waals surface area contributed by atoms with E-state index >= 15 is 0 Å². The monoisotopic (exact) mass is 456 g/mol. The molecule has 2 aromatic rings. The molecule has 32 heavy (non-hydrogen) atoms. The zero-order valence-corrected chi connectivity index (χ0v) is 19.7. The fourth-order valence-electron chi connectivity index (χ4n) is 3.74. The predicted octanol–water partition coefficient (Wildman–Crippen LogP) is 4.84. The summed E-state index contributed by atoms with van der Waals surface area (Å²) in [6.07, 6.45) is 3.06. The minimum absolute atomic E-state index is 0.154. The second kappa shape index (κ2) is 10.2. The number of hydrogen-bond acceptors (Lipinski definition) is 5. The van der Waals surface area contributed by atoms with Gasteiger partial charge in [0.2, 0.25) is 0 Å². The van der Waals surface area contributed by atoms with E-state index in [1.807, 2.05) is 45.0 Å². The van der Waals surface area contributed by atoms with Gasteiger partial charge < -0.3 is 21.1 Å². The molecule has 0 saturated heterocycles. The highest BCUT2D eigenvalue weighted by Crippen LogP contribution is 2.30. The van der Waals surface area contributed by atoms with Crippen molar-refractivity contribution < 1.29 is 14.7 Å². The average Bonchev–Trinajstić information content (AvgIpc) is 3.22. The topological polar surface area (TPSA) is 98.9 Å². The molecule has 2 heterocycles. The van der Waals surface area contributed by atoms with Gasteiger partial charge in [-0.25, -0.2) is 4.79 Å². The first-order chi connectivity index (χ1) is 15.1. The lowest BCUT2D eigenvalue weighted by atomic mass is 10.1. The summed E-state index contributed by atoms with van der Waals surface area (Å²) in [5, 5.41) is 12.3. The number of carbonyl (C=O) groups is 2. The highest BCUT2D eigenvalue weighted by atomic mass is 32.1. The van der Waals surface area contributed by atoms with Gasteiger partial charge in [-0.15, -0.1) is 11.3 Å². The fraction of sp³-hybridized carbons (Fsp3) is 0.417. The lowest BCUT2D eigenvalue weighted by Gasteiger charge is -2.34. The summed E-state index contributed by atoms with van der Waals surface area (Å²) < 4.78 is 0. The zero-order chi connectivity index (χ0) is 23.3. The summed E-state index contributed by atoms with van der Waals surface area (Å²) in [5.74, 6) is -0.154. The summed E-state index contributed by atoms with van der Waals surface area (Å²) >= 11 is 1.49. The Morgan fingerprint density at radius 3 is 2.59 bits per heavy atom. The first-order valence-corrected chi connectivity index (χ1v) is 11.6. The van der Waals surface area contributed by atoms with Crippen molar-refractivity contribution in [2.75, 3.05) is 37.2 Å². The molecule has 0 unspecified atom stereocenters. The third-order valence-electron chi connectivity index (χ3n) is 5.55. The average molecular weight is 457 g/mol. The number of para-hydroxylation sites is 2. The van der Waals surface area contributed by atoms with Crippen molar-refractivity contribution in [3.05, 3.63) is 52.2 Å². The van der Waals surface area contributed by atoms with E-state index in [0.717, 1.165) is 37.4 Å². The smallest absolute Gasteiger partial charge is 0.407 e. The molecule has 1 aliphatic rings. The lowest BCUT2D eigenvalue weighted by Crippen LogP contribution is -2.46. The van der Waals surface area contributed by atoms with Crippen LogP contribution in [0.3, 0.4) is 0 Å². The van der Waals surface area contributed by atoms with Gasteiger partial charge in [-0.05, 0) is 63.5 Å². The first-order valence-electron chi connectivity index (χ1n) is 10.8. The molecule has 3 rings (SSSR count). The molecular weight excluding hydrogens is 424 g/mol. The maximum atomic E-state index is 12.6. The summed E-state index contributed by atoms with van der Waals surface area (Å²) in [6.45, 7) is 8.90. The molecule has 1 aromatic carbocycles. The van der Waals surface area contributed by atoms with Gasteiger partial charge in [0.15, 0.2) is 0 Å². The molecule has 4 N–H and O–H groups in total. The number of nitrogen functional groups attached to an aromatic ring is 1. The summed E-state index contributed by atoms with van der Waals surface area (Å²) in [5.41, 5.74) is 7.94. The van der Waals surface area contributed by atoms with Gasteiger partial charge in [-0.2, -0.15) is 0 Å². The van der Waals surface area contributed by atoms with Crippen molar-refractivity contribution >= 4 is 40.3 Å². The van der Waals surface area contributed by atoms with E-state index in [1.54, 1.807) is 12.1 Å². The first kappa shape index (κ1) is 23.8. The minimum atomic E-state index is -0.870. The van der Waals surface area contributed by atoms with Crippen molar-refractivity contribution in [1.29, 1.82) is 0 Å². The Bertz CT molecular complexity index is 993. The summed E-state index contributed by atoms with van der Waals surface area (Å²) in [7, 11) is 0. The largest absolute Gasteiger partial charge is 0.465 e. The Balaban J connectivity index is 1.52. The number of carboxylic acid groups (broad SMARTS) is 1. The van der Waals surface area contributed by atoms with Gasteiger partial charge >= 0.3 is 6.09 Å². The minimum Gasteiger partial charge on any atom is -0.465 e. The second-order valence-electron chi connectivity index (χ2n) is 8.94. The molecule has 0 spiro atoms. The van der Waals surface area contributed by atoms with E-state index in [4.69, 9.17) is 5.73 Å². The van der Waals surface area contributed by atoms with Crippen LogP contribution in [0.25, 0.3) is 5.57 Å². The third kappa shape index (κ3) is 6.11. The van der Waals surface area contributed by atoms with Crippen LogP contribution in [0.1, 0.15) is 48.2 Å². The Hall–Kier alpha value is -2.84. The molecule has 172 valence electrons. The number of nitrogens with zero attached hydrogens (tertiary/aromatic N) is 2. The number of nitrogens with two attached hydrogens (primary N) is 1. The van der Waals surface area contributed by atoms with E-state index in [9.17, 15) is 14.7 Å². The van der Waals surface area contributed by atoms with Crippen molar-refractivity contribution in [3.8, 4) is 0 Å². The number of carbonyl (C=O) groups excluding carboxylic acids is 1. The molecule has 0 bridgehead atoms. The maximum absolute atomic E-state index is 12.6. The van der Waals surface area contributed by atoms with Crippen LogP contribution in [-0.2, 0) is 0 Å². The van der Waals surface area contributed by atoms with Gasteiger partial charge in [0.05, 0.1) is 16.3 Å². The highest BCUT2D eigenvalue weighted by Gasteiger charge is 2.25. The third-order valence-corrected chi connectivity index (χ3v) is 6.70. The number of hydrogen-bond donors (Lipinski definition) is 3. The molecule has 8 heteroatoms. The van der Waals surface area contributed by atoms with Crippen LogP contribution >= 0.6 is 11.3 Å². The highest BCUT2D eigenvalue weighted by molar-refractivity contribution is 7.15. The maximum Gasteiger partial charge on any atom is 0.407 e. The van der Waals surface area contributed by atoms with Gasteiger partial charge in [0.1, 0.15) is 0 Å². The fourth-order valence-corrected chi connectivity index (χ4v) is 4.71. The quantitative estimate of drug-likeness (QED) is 0.518. The Morgan fingerprint density at radius 2 is 1.97 bits per heavy atom. The van der Waals surface area contributed by atoms with Crippen molar-refractivity contribution in [2.45, 2.75) is 39.2 Å². The molecular formula is C24H32N4O3S. The van der Waals surface area contributed by atoms with E-state index in [-0.39, 0.29) is 5.91 Å². The van der Waals surface area contributed by atoms with Crippen LogP contribution in [0.5, 0.6) is 0 Å². The number of anilines is 2. The van der Waals surface area contributed by atoms with Gasteiger partial charge in [0, 0.05) is 36.6 Å². The van der Waals surface area contributed by atoms with Crippen LogP contribution in [0.2, 0.25) is 0 Å². The zero-order valence-electron chi connectivity index (χ0n) is 18.9. The molecule has 1 aliphatic heterocycles. The molecule has 0 aliphatic carbocycles. The molecule has 0 radical (unpaired) electrons. The van der Waals surface area contributed by atoms with Gasteiger partial charge in [-0.3, -0.25) is 9.69 Å². The lowest BCUT2D eigenvalue weighted by molar-refractivity contribution is 0.0967. The van der Waals surface area contributed by atoms with E-state index < -0.39 is 11.6 Å². The Kier molecular flexibility index (Phi) is 7.58. The Labute approximate surface area is 193 Å². The number of benzene rings is 1. The van der Waals surface area contributed by atoms with Crippen LogP contribution in [0.4, 0.5) is 16.2 Å². The van der Waals surface area contributed by atoms with Gasteiger partial charge in [-0.1, -0.05) is 18.2 Å². The standard InChI is InChI=1S/C24H32N4O3S/c1-24(2,3)28(23(30)31)14-6-13-27-15-11-17(12-16-27)20-9-10-21(32-20)22(29)26-19-8-5-4-7-18(19)25/h4-5,7-11H,6,12-16,25H2,1-3H3,(H,26,29)(H,30,31). The molecule has 0 saturated carbocycles. The van der Waals surface area contributed by atoms with Crippen LogP contribution in [0, 0.1) is 0 Å². The molecule has 2 amide bonds. The number of nitrogens with one attached hydrogen (secondary N) is 1. The van der Waals surface area contributed by atoms with Crippen LogP contribution < -0.4 is 11.1 Å². The van der Waals surface area contributed by atoms with Crippen LogP contribution in [-0.4, -0.2) is 58.6 Å². The summed E-state index contributed by atoms with van der Waals surface area (Å²) in [4.78, 5) is 29.6. The molecule has 1 aromatic heterocycles. The summed E-state index contributed by atoms with van der Waals surface area (Å²) in [6, 6.07) is 11.1. The van der Waals surface area contributed by atoms with Gasteiger partial charge in [0.25, 0.3) is 5.91 Å². The van der Waals surface area contributed by atoms with Crippen LogP contribution in [0.15, 0.2) is 42.5 Å². The van der Waals surface area contributed by atoms with Crippen molar-refractivity contribution in [1.82, 2.24) is 9.80 Å². The number of thiophene rings is 1. The second-order valence-corrected chi connectivity index (χ2v) is 10.0. The van der Waals surface area contributed by atoms with E-state index in [1.165, 1.54) is 21.8 Å². The Morgan fingerprint density at radius 1 is 1.22 bits per heavy atom. The predicted molar refractivity (Wildman–Crippen MR) is 131 cm³/mol. The van der Waals surface area contributed by atoms with E-state index in [2.05, 4.69) is 16.3 Å². The van der Waals surface area contributed by atoms with Crippen molar-refractivity contribution in [3.63, 3.8) is 0 Å². The normalized spacial score (nSPS) is 14.7. The van der Waals surface area contributed by atoms with E-state index in [0.29, 0.717) is 22.8 Å². The molecule has 0 atom stereocenters. The van der Waals surface area contributed by atoms with Crippen molar-refractivity contribution in [2.24, 2.45) is 0 Å². The SMILES string of the molecule is CC(C)(C)N(CCCN1CC=C(c2ccc(C(=O)Nc3ccccc3N)s2)CC1)C(=O)O. The molecule has 0 fully saturated rings. The molecule has 7 nitrogen and oxygen atoms in total.